The summed E-state index contributed by atoms with van der Waals surface area (Å²) < 4.78 is 11.6. The van der Waals surface area contributed by atoms with Crippen LogP contribution in [0, 0.1) is 0 Å². The summed E-state index contributed by atoms with van der Waals surface area (Å²) in [6.07, 6.45) is 7.68. The molecule has 0 amide bonds. The van der Waals surface area contributed by atoms with E-state index in [0.717, 1.165) is 49.7 Å². The lowest BCUT2D eigenvalue weighted by atomic mass is 10.1. The number of benzene rings is 1. The number of β-amino-alcohol motifs (C(OH)–C–C–N with tert-alkyl or cyclic N) is 1. The highest BCUT2D eigenvalue weighted by Crippen LogP contribution is 2.18. The largest absolute Gasteiger partial charge is 0.492 e. The van der Waals surface area contributed by atoms with Gasteiger partial charge in [-0.15, -0.1) is 0 Å². The molecule has 0 radical (unpaired) electrons. The van der Waals surface area contributed by atoms with Crippen molar-refractivity contribution in [2.75, 3.05) is 39.4 Å². The van der Waals surface area contributed by atoms with Gasteiger partial charge in [-0.2, -0.15) is 0 Å². The first-order valence-electron chi connectivity index (χ1n) is 10.7. The maximum Gasteiger partial charge on any atom is 0.137 e. The molecule has 6 nitrogen and oxygen atoms in total. The summed E-state index contributed by atoms with van der Waals surface area (Å²) in [6.45, 7) is 5.42. The number of ether oxygens (including phenoxy) is 2. The highest BCUT2D eigenvalue weighted by Gasteiger charge is 2.15. The van der Waals surface area contributed by atoms with E-state index in [-0.39, 0.29) is 0 Å². The monoisotopic (exact) mass is 399 g/mol. The molecule has 2 N–H and O–H groups in total. The van der Waals surface area contributed by atoms with Crippen LogP contribution in [0.3, 0.4) is 0 Å². The molecular formula is C23H33N3O3. The Morgan fingerprint density at radius 1 is 1.07 bits per heavy atom. The van der Waals surface area contributed by atoms with Crippen LogP contribution < -0.4 is 14.8 Å². The van der Waals surface area contributed by atoms with E-state index in [1.165, 1.54) is 19.3 Å². The number of nitrogens with one attached hydrogen (secondary N) is 1. The lowest BCUT2D eigenvalue weighted by Gasteiger charge is -2.28. The molecule has 0 aliphatic carbocycles. The van der Waals surface area contributed by atoms with Crippen molar-refractivity contribution in [3.63, 3.8) is 0 Å². The van der Waals surface area contributed by atoms with Crippen molar-refractivity contribution in [2.24, 2.45) is 0 Å². The number of aromatic nitrogens is 1. The molecule has 2 heterocycles. The van der Waals surface area contributed by atoms with Gasteiger partial charge in [-0.3, -0.25) is 4.98 Å². The Morgan fingerprint density at radius 3 is 2.76 bits per heavy atom. The maximum absolute atomic E-state index is 10.3. The van der Waals surface area contributed by atoms with Gasteiger partial charge in [0.15, 0.2) is 0 Å². The molecule has 0 spiro atoms. The molecule has 3 rings (SSSR count). The molecule has 0 unspecified atom stereocenters. The Kier molecular flexibility index (Phi) is 9.23. The summed E-state index contributed by atoms with van der Waals surface area (Å²) >= 11 is 0. The van der Waals surface area contributed by atoms with Crippen molar-refractivity contribution in [3.05, 3.63) is 54.4 Å². The second-order valence-electron chi connectivity index (χ2n) is 7.50. The minimum absolute atomic E-state index is 0.326. The minimum Gasteiger partial charge on any atom is -0.492 e. The lowest BCUT2D eigenvalue weighted by molar-refractivity contribution is 0.0614. The van der Waals surface area contributed by atoms with Gasteiger partial charge in [-0.05, 0) is 57.1 Å². The number of pyridine rings is 1. The van der Waals surface area contributed by atoms with Crippen molar-refractivity contribution in [2.45, 2.75) is 38.3 Å². The zero-order chi connectivity index (χ0) is 20.2. The van der Waals surface area contributed by atoms with Gasteiger partial charge in [0.25, 0.3) is 0 Å². The van der Waals surface area contributed by atoms with Crippen LogP contribution in [0.2, 0.25) is 0 Å². The lowest BCUT2D eigenvalue weighted by Crippen LogP contribution is -2.38. The van der Waals surface area contributed by atoms with Crippen molar-refractivity contribution in [1.82, 2.24) is 15.2 Å². The van der Waals surface area contributed by atoms with E-state index in [4.69, 9.17) is 9.47 Å². The number of nitrogens with zero attached hydrogens (tertiary/aromatic N) is 2. The van der Waals surface area contributed by atoms with Crippen LogP contribution >= 0.6 is 0 Å². The first-order valence-corrected chi connectivity index (χ1v) is 10.7. The minimum atomic E-state index is -0.459. The Bertz CT molecular complexity index is 693. The average molecular weight is 400 g/mol. The van der Waals surface area contributed by atoms with E-state index in [1.807, 2.05) is 30.3 Å². The number of piperidine rings is 1. The number of aliphatic hydroxyl groups is 1. The smallest absolute Gasteiger partial charge is 0.137 e. The van der Waals surface area contributed by atoms with Gasteiger partial charge in [0, 0.05) is 24.8 Å². The Labute approximate surface area is 173 Å². The zero-order valence-corrected chi connectivity index (χ0v) is 17.1. The summed E-state index contributed by atoms with van der Waals surface area (Å²) in [5.74, 6) is 1.64. The van der Waals surface area contributed by atoms with Crippen LogP contribution in [0.25, 0.3) is 0 Å². The fourth-order valence-corrected chi connectivity index (χ4v) is 3.51. The topological polar surface area (TPSA) is 66.8 Å². The van der Waals surface area contributed by atoms with Crippen molar-refractivity contribution < 1.29 is 14.6 Å². The number of likely N-dealkylation sites (tertiary alicyclic amines) is 1. The van der Waals surface area contributed by atoms with Crippen molar-refractivity contribution >= 4 is 0 Å². The summed E-state index contributed by atoms with van der Waals surface area (Å²) in [5, 5.41) is 13.8. The molecule has 2 aromatic rings. The van der Waals surface area contributed by atoms with Crippen LogP contribution in [0.5, 0.6) is 11.5 Å². The molecule has 1 aromatic heterocycles. The predicted molar refractivity (Wildman–Crippen MR) is 114 cm³/mol. The van der Waals surface area contributed by atoms with Gasteiger partial charge < -0.3 is 24.8 Å². The van der Waals surface area contributed by atoms with E-state index >= 15 is 0 Å². The highest BCUT2D eigenvalue weighted by atomic mass is 16.5. The second-order valence-corrected chi connectivity index (χ2v) is 7.50. The van der Waals surface area contributed by atoms with E-state index < -0.39 is 6.10 Å². The third-order valence-electron chi connectivity index (χ3n) is 5.04. The number of rotatable bonds is 12. The van der Waals surface area contributed by atoms with Crippen LogP contribution in [-0.4, -0.2) is 60.5 Å². The van der Waals surface area contributed by atoms with E-state index in [2.05, 4.69) is 21.3 Å². The molecular weight excluding hydrogens is 366 g/mol. The molecule has 0 saturated carbocycles. The normalized spacial score (nSPS) is 15.8. The van der Waals surface area contributed by atoms with Crippen LogP contribution in [0.4, 0.5) is 0 Å². The van der Waals surface area contributed by atoms with E-state index in [1.54, 1.807) is 12.4 Å². The Balaban J connectivity index is 1.33. The fraction of sp³-hybridized carbons (Fsp3) is 0.522. The van der Waals surface area contributed by atoms with Crippen molar-refractivity contribution in [1.29, 1.82) is 0 Å². The molecule has 1 aliphatic heterocycles. The summed E-state index contributed by atoms with van der Waals surface area (Å²) in [6, 6.07) is 11.8. The summed E-state index contributed by atoms with van der Waals surface area (Å²) in [4.78, 5) is 6.37. The van der Waals surface area contributed by atoms with Gasteiger partial charge in [0.1, 0.15) is 24.2 Å². The first kappa shape index (κ1) is 21.6. The fourth-order valence-electron chi connectivity index (χ4n) is 3.51. The van der Waals surface area contributed by atoms with Crippen molar-refractivity contribution in [3.8, 4) is 11.5 Å². The summed E-state index contributed by atoms with van der Waals surface area (Å²) in [5.41, 5.74) is 1.10. The second kappa shape index (κ2) is 12.4. The van der Waals surface area contributed by atoms with Crippen LogP contribution in [0.15, 0.2) is 48.8 Å². The molecule has 1 aromatic carbocycles. The first-order chi connectivity index (χ1) is 14.3. The number of para-hydroxylation sites is 1. The third-order valence-corrected chi connectivity index (χ3v) is 5.04. The zero-order valence-electron chi connectivity index (χ0n) is 17.1. The molecule has 29 heavy (non-hydrogen) atoms. The van der Waals surface area contributed by atoms with Crippen LogP contribution in [-0.2, 0) is 6.54 Å². The number of hydrogen-bond acceptors (Lipinski definition) is 6. The molecule has 1 aliphatic rings. The third kappa shape index (κ3) is 8.01. The quantitative estimate of drug-likeness (QED) is 0.535. The SMILES string of the molecule is O[C@@H](COc1ccccc1CNCCCOc1cccnc1)CN1CCCCC1. The molecule has 0 bridgehead atoms. The number of aliphatic hydroxyl groups excluding tert-OH is 1. The molecule has 1 saturated heterocycles. The molecule has 1 atom stereocenters. The molecule has 6 heteroatoms. The van der Waals surface area contributed by atoms with Gasteiger partial charge in [0.2, 0.25) is 0 Å². The van der Waals surface area contributed by atoms with Gasteiger partial charge in [-0.1, -0.05) is 24.6 Å². The van der Waals surface area contributed by atoms with Crippen LogP contribution in [0.1, 0.15) is 31.2 Å². The summed E-state index contributed by atoms with van der Waals surface area (Å²) in [7, 11) is 0. The standard InChI is InChI=1S/C23H33N3O3/c27-21(18-26-13-4-1-5-14-26)19-29-23-10-3-2-8-20(23)16-24-12-7-15-28-22-9-6-11-25-17-22/h2-3,6,8-11,17,21,24,27H,1,4-5,7,12-16,18-19H2/t21-/m1/s1. The Hall–Kier alpha value is -2.15. The van der Waals surface area contributed by atoms with Gasteiger partial charge in [-0.25, -0.2) is 0 Å². The highest BCUT2D eigenvalue weighted by molar-refractivity contribution is 5.33. The predicted octanol–water partition coefficient (Wildman–Crippen LogP) is 2.87. The van der Waals surface area contributed by atoms with E-state index in [9.17, 15) is 5.11 Å². The van der Waals surface area contributed by atoms with Gasteiger partial charge in [0.05, 0.1) is 12.8 Å². The van der Waals surface area contributed by atoms with E-state index in [0.29, 0.717) is 19.8 Å². The number of hydrogen-bond donors (Lipinski definition) is 2. The maximum atomic E-state index is 10.3. The van der Waals surface area contributed by atoms with Gasteiger partial charge >= 0.3 is 0 Å². The Morgan fingerprint density at radius 2 is 1.93 bits per heavy atom. The molecule has 158 valence electrons. The molecule has 1 fully saturated rings. The average Bonchev–Trinajstić information content (AvgIpc) is 2.77.